The fourth-order valence-corrected chi connectivity index (χ4v) is 1.41. The van der Waals surface area contributed by atoms with E-state index in [0.29, 0.717) is 24.3 Å². The Balaban J connectivity index is 2.05. The Hall–Kier alpha value is -2.58. The summed E-state index contributed by atoms with van der Waals surface area (Å²) in [4.78, 5) is 0. The van der Waals surface area contributed by atoms with Crippen molar-refractivity contribution in [2.75, 3.05) is 0 Å². The molecule has 0 radical (unpaired) electrons. The van der Waals surface area contributed by atoms with Crippen LogP contribution in [0.4, 0.5) is 17.6 Å². The van der Waals surface area contributed by atoms with Crippen LogP contribution in [0.25, 0.3) is 0 Å². The predicted octanol–water partition coefficient (Wildman–Crippen LogP) is 2.38. The van der Waals surface area contributed by atoms with Gasteiger partial charge in [-0.1, -0.05) is 0 Å². The van der Waals surface area contributed by atoms with Crippen molar-refractivity contribution in [2.45, 2.75) is 0 Å². The molecule has 0 aliphatic rings. The highest BCUT2D eigenvalue weighted by Gasteiger charge is 2.14. The SMILES string of the molecule is Oc1cc(F)c(OBOc2cc(F)c(O)cc2F)cc1F. The van der Waals surface area contributed by atoms with Gasteiger partial charge in [0.05, 0.1) is 0 Å². The lowest BCUT2D eigenvalue weighted by Crippen LogP contribution is -2.13. The van der Waals surface area contributed by atoms with E-state index in [-0.39, 0.29) is 0 Å². The van der Waals surface area contributed by atoms with Gasteiger partial charge in [-0.3, -0.25) is 0 Å². The van der Waals surface area contributed by atoms with Crippen LogP contribution in [0.15, 0.2) is 24.3 Å². The molecule has 2 N–H and O–H groups in total. The maximum Gasteiger partial charge on any atom is 0.576 e. The Labute approximate surface area is 116 Å². The first kappa shape index (κ1) is 14.8. The van der Waals surface area contributed by atoms with Crippen molar-refractivity contribution in [1.29, 1.82) is 0 Å². The number of phenolic OH excluding ortho intramolecular Hbond substituents is 2. The number of benzene rings is 2. The largest absolute Gasteiger partial charge is 0.576 e. The smallest absolute Gasteiger partial charge is 0.526 e. The lowest BCUT2D eigenvalue weighted by molar-refractivity contribution is 0.393. The number of rotatable bonds is 4. The van der Waals surface area contributed by atoms with Crippen LogP contribution in [0.2, 0.25) is 0 Å². The standard InChI is InChI=1S/C12H7BF4O4/c14-5-3-11(7(16)1-9(5)18)20-13-21-12-4-6(15)10(19)2-8(12)17/h1-4,13,18-19H. The van der Waals surface area contributed by atoms with Gasteiger partial charge >= 0.3 is 7.69 Å². The van der Waals surface area contributed by atoms with E-state index in [1.807, 2.05) is 0 Å². The van der Waals surface area contributed by atoms with Gasteiger partial charge in [-0.25, -0.2) is 17.6 Å². The highest BCUT2D eigenvalue weighted by atomic mass is 19.1. The number of halogens is 4. The first-order valence-electron chi connectivity index (χ1n) is 5.50. The molecule has 0 saturated heterocycles. The molecule has 0 saturated carbocycles. The molecule has 0 bridgehead atoms. The summed E-state index contributed by atoms with van der Waals surface area (Å²) in [5.41, 5.74) is 0. The minimum Gasteiger partial charge on any atom is -0.526 e. The fourth-order valence-electron chi connectivity index (χ4n) is 1.41. The van der Waals surface area contributed by atoms with Crippen LogP contribution in [0, 0.1) is 23.3 Å². The zero-order valence-electron chi connectivity index (χ0n) is 10.2. The summed E-state index contributed by atoms with van der Waals surface area (Å²) < 4.78 is 62.0. The highest BCUT2D eigenvalue weighted by molar-refractivity contribution is 6.20. The summed E-state index contributed by atoms with van der Waals surface area (Å²) in [7, 11) is -0.748. The Morgan fingerprint density at radius 3 is 1.43 bits per heavy atom. The molecule has 0 fully saturated rings. The molecule has 2 aromatic rings. The van der Waals surface area contributed by atoms with Crippen LogP contribution in [-0.2, 0) is 0 Å². The molecule has 0 spiro atoms. The quantitative estimate of drug-likeness (QED) is 0.672. The van der Waals surface area contributed by atoms with Gasteiger partial charge in [0.15, 0.2) is 34.8 Å². The third kappa shape index (κ3) is 3.30. The molecule has 4 nitrogen and oxygen atoms in total. The first-order valence-corrected chi connectivity index (χ1v) is 5.50. The van der Waals surface area contributed by atoms with Crippen LogP contribution in [0.3, 0.4) is 0 Å². The minimum absolute atomic E-state index is 0.492. The summed E-state index contributed by atoms with van der Waals surface area (Å²) in [5, 5.41) is 17.8. The number of hydrogen-bond acceptors (Lipinski definition) is 4. The van der Waals surface area contributed by atoms with Gasteiger partial charge in [-0.15, -0.1) is 0 Å². The summed E-state index contributed by atoms with van der Waals surface area (Å²) in [6, 6.07) is 2.13. The van der Waals surface area contributed by atoms with Crippen LogP contribution < -0.4 is 9.31 Å². The Kier molecular flexibility index (Phi) is 4.11. The van der Waals surface area contributed by atoms with Gasteiger partial charge in [0.2, 0.25) is 0 Å². The molecule has 0 heterocycles. The van der Waals surface area contributed by atoms with E-state index in [2.05, 4.69) is 0 Å². The summed E-state index contributed by atoms with van der Waals surface area (Å²) in [6.45, 7) is 0. The second-order valence-electron chi connectivity index (χ2n) is 3.87. The van der Waals surface area contributed by atoms with Crippen molar-refractivity contribution in [2.24, 2.45) is 0 Å². The monoisotopic (exact) mass is 302 g/mol. The lowest BCUT2D eigenvalue weighted by atomic mass is 10.2. The second-order valence-corrected chi connectivity index (χ2v) is 3.87. The van der Waals surface area contributed by atoms with E-state index < -0.39 is 54.0 Å². The Bertz CT molecular complexity index is 623. The predicted molar refractivity (Wildman–Crippen MR) is 64.5 cm³/mol. The van der Waals surface area contributed by atoms with Crippen LogP contribution >= 0.6 is 0 Å². The zero-order valence-corrected chi connectivity index (χ0v) is 10.2. The van der Waals surface area contributed by atoms with E-state index in [1.54, 1.807) is 0 Å². The number of aromatic hydroxyl groups is 2. The normalized spacial score (nSPS) is 10.3. The number of hydrogen-bond donors (Lipinski definition) is 2. The third-order valence-corrected chi connectivity index (χ3v) is 2.43. The molecule has 0 aliphatic heterocycles. The fraction of sp³-hybridized carbons (Fsp3) is 0. The number of phenols is 2. The van der Waals surface area contributed by atoms with Crippen molar-refractivity contribution >= 4 is 7.69 Å². The molecular weight excluding hydrogens is 295 g/mol. The van der Waals surface area contributed by atoms with E-state index >= 15 is 0 Å². The average molecular weight is 302 g/mol. The van der Waals surface area contributed by atoms with Crippen molar-refractivity contribution in [3.63, 3.8) is 0 Å². The average Bonchev–Trinajstić information content (AvgIpc) is 2.41. The van der Waals surface area contributed by atoms with E-state index in [0.717, 1.165) is 0 Å². The molecule has 0 amide bonds. The van der Waals surface area contributed by atoms with Gasteiger partial charge in [-0.05, 0) is 0 Å². The van der Waals surface area contributed by atoms with E-state index in [4.69, 9.17) is 19.5 Å². The highest BCUT2D eigenvalue weighted by Crippen LogP contribution is 2.27. The van der Waals surface area contributed by atoms with E-state index in [9.17, 15) is 17.6 Å². The molecule has 9 heteroatoms. The van der Waals surface area contributed by atoms with Gasteiger partial charge in [-0.2, -0.15) is 0 Å². The summed E-state index contributed by atoms with van der Waals surface area (Å²) in [6.07, 6.45) is 0. The lowest BCUT2D eigenvalue weighted by Gasteiger charge is -2.10. The van der Waals surface area contributed by atoms with Crippen molar-refractivity contribution in [1.82, 2.24) is 0 Å². The van der Waals surface area contributed by atoms with Gasteiger partial charge in [0, 0.05) is 24.3 Å². The maximum absolute atomic E-state index is 13.3. The summed E-state index contributed by atoms with van der Waals surface area (Å²) >= 11 is 0. The Morgan fingerprint density at radius 1 is 0.667 bits per heavy atom. The van der Waals surface area contributed by atoms with Crippen LogP contribution in [0.1, 0.15) is 0 Å². The van der Waals surface area contributed by atoms with Crippen molar-refractivity contribution < 1.29 is 37.1 Å². The topological polar surface area (TPSA) is 58.9 Å². The molecule has 2 aromatic carbocycles. The molecule has 0 aromatic heterocycles. The third-order valence-electron chi connectivity index (χ3n) is 2.43. The van der Waals surface area contributed by atoms with Crippen LogP contribution in [0.5, 0.6) is 23.0 Å². The maximum atomic E-state index is 13.3. The molecule has 21 heavy (non-hydrogen) atoms. The molecule has 0 unspecified atom stereocenters. The molecule has 0 aliphatic carbocycles. The van der Waals surface area contributed by atoms with Crippen LogP contribution in [-0.4, -0.2) is 17.9 Å². The van der Waals surface area contributed by atoms with E-state index in [1.165, 1.54) is 0 Å². The second kappa shape index (κ2) is 5.82. The minimum atomic E-state index is -1.12. The first-order chi connectivity index (χ1) is 9.88. The van der Waals surface area contributed by atoms with Gasteiger partial charge < -0.3 is 19.5 Å². The Morgan fingerprint density at radius 2 is 1.05 bits per heavy atom. The van der Waals surface area contributed by atoms with Gasteiger partial charge in [0.1, 0.15) is 11.5 Å². The van der Waals surface area contributed by atoms with Gasteiger partial charge in [0.25, 0.3) is 0 Å². The summed E-state index contributed by atoms with van der Waals surface area (Å²) in [5.74, 6) is -7.30. The zero-order chi connectivity index (χ0) is 15.6. The molecule has 2 rings (SSSR count). The molecular formula is C12H7BF4O4. The van der Waals surface area contributed by atoms with Crippen molar-refractivity contribution in [3.8, 4) is 23.0 Å². The van der Waals surface area contributed by atoms with Crippen molar-refractivity contribution in [3.05, 3.63) is 47.5 Å². The molecule has 0 atom stereocenters. The molecule has 110 valence electrons.